The number of ether oxygens (including phenoxy) is 1. The molecule has 2 heterocycles. The summed E-state index contributed by atoms with van der Waals surface area (Å²) in [5, 5.41) is 69.8. The zero-order chi connectivity index (χ0) is 22.4. The molecular formula is C21H20O10. The minimum atomic E-state index is -1.74. The molecule has 1 fully saturated rings. The molecule has 4 rings (SSSR count). The lowest BCUT2D eigenvalue weighted by Gasteiger charge is -2.40. The van der Waals surface area contributed by atoms with Gasteiger partial charge in [0.1, 0.15) is 59.4 Å². The number of aromatic hydroxyl groups is 3. The first kappa shape index (κ1) is 21.1. The van der Waals surface area contributed by atoms with Crippen molar-refractivity contribution in [3.8, 4) is 28.4 Å². The van der Waals surface area contributed by atoms with Crippen molar-refractivity contribution >= 4 is 11.0 Å². The van der Waals surface area contributed by atoms with Crippen LogP contribution in [-0.2, 0) is 4.74 Å². The third kappa shape index (κ3) is 3.40. The second-order valence-corrected chi connectivity index (χ2v) is 7.31. The minimum Gasteiger partial charge on any atom is -0.508 e. The standard InChI is InChI=1S/C21H20O10/c22-6-13-17(27)18(28)19(29)21(31-13)15-12(25)5-11(24)14-16(26)10(7-30-20(14)15)8-1-3-9(23)4-2-8/h1-5,7,13,17-19,21-25,27-29H,6H2/t13-,17-,18+,19-,21+/m0/s1. The van der Waals surface area contributed by atoms with E-state index in [0.717, 1.165) is 12.3 Å². The van der Waals surface area contributed by atoms with Gasteiger partial charge in [-0.05, 0) is 17.7 Å². The van der Waals surface area contributed by atoms with Crippen molar-refractivity contribution in [3.63, 3.8) is 0 Å². The summed E-state index contributed by atoms with van der Waals surface area (Å²) in [7, 11) is 0. The van der Waals surface area contributed by atoms with E-state index in [1.807, 2.05) is 0 Å². The molecule has 2 aromatic carbocycles. The van der Waals surface area contributed by atoms with Crippen LogP contribution in [0.5, 0.6) is 17.2 Å². The van der Waals surface area contributed by atoms with Gasteiger partial charge in [-0.15, -0.1) is 0 Å². The summed E-state index contributed by atoms with van der Waals surface area (Å²) in [5.41, 5.74) is -0.729. The summed E-state index contributed by atoms with van der Waals surface area (Å²) >= 11 is 0. The first-order valence-electron chi connectivity index (χ1n) is 9.34. The van der Waals surface area contributed by atoms with E-state index in [2.05, 4.69) is 0 Å². The third-order valence-electron chi connectivity index (χ3n) is 5.40. The van der Waals surface area contributed by atoms with Crippen LogP contribution in [0.1, 0.15) is 11.7 Å². The normalized spacial score (nSPS) is 26.3. The molecule has 5 atom stereocenters. The van der Waals surface area contributed by atoms with Gasteiger partial charge in [0, 0.05) is 6.07 Å². The fraction of sp³-hybridized carbons (Fsp3) is 0.286. The highest BCUT2D eigenvalue weighted by atomic mass is 16.5. The highest BCUT2D eigenvalue weighted by Crippen LogP contribution is 2.43. The number of hydrogen-bond acceptors (Lipinski definition) is 10. The van der Waals surface area contributed by atoms with Crippen molar-refractivity contribution in [2.45, 2.75) is 30.5 Å². The van der Waals surface area contributed by atoms with Crippen LogP contribution in [0.3, 0.4) is 0 Å². The predicted octanol–water partition coefficient (Wildman–Crippen LogP) is 0.0917. The molecule has 0 amide bonds. The van der Waals surface area contributed by atoms with Crippen LogP contribution in [0.15, 0.2) is 45.8 Å². The number of aliphatic hydroxyl groups excluding tert-OH is 4. The second kappa shape index (κ2) is 7.84. The second-order valence-electron chi connectivity index (χ2n) is 7.31. The summed E-state index contributed by atoms with van der Waals surface area (Å²) in [6.07, 6.45) is -6.73. The minimum absolute atomic E-state index is 0.00778. The van der Waals surface area contributed by atoms with Crippen LogP contribution in [0.25, 0.3) is 22.1 Å². The van der Waals surface area contributed by atoms with Crippen LogP contribution in [0, 0.1) is 0 Å². The molecule has 0 bridgehead atoms. The van der Waals surface area contributed by atoms with Crippen LogP contribution >= 0.6 is 0 Å². The molecule has 10 nitrogen and oxygen atoms in total. The Morgan fingerprint density at radius 2 is 1.58 bits per heavy atom. The van der Waals surface area contributed by atoms with Crippen LogP contribution in [0.2, 0.25) is 0 Å². The highest BCUT2D eigenvalue weighted by molar-refractivity contribution is 5.91. The van der Waals surface area contributed by atoms with E-state index in [-0.39, 0.29) is 27.8 Å². The molecule has 10 heteroatoms. The molecular weight excluding hydrogens is 412 g/mol. The molecule has 0 radical (unpaired) electrons. The molecule has 1 saturated heterocycles. The van der Waals surface area contributed by atoms with Crippen LogP contribution < -0.4 is 5.43 Å². The lowest BCUT2D eigenvalue weighted by atomic mass is 9.89. The van der Waals surface area contributed by atoms with Gasteiger partial charge in [-0.3, -0.25) is 4.79 Å². The maximum atomic E-state index is 13.1. The van der Waals surface area contributed by atoms with Gasteiger partial charge in [0.2, 0.25) is 5.43 Å². The van der Waals surface area contributed by atoms with Gasteiger partial charge < -0.3 is 44.9 Å². The molecule has 7 N–H and O–H groups in total. The van der Waals surface area contributed by atoms with Gasteiger partial charge >= 0.3 is 0 Å². The third-order valence-corrected chi connectivity index (χ3v) is 5.40. The van der Waals surface area contributed by atoms with Gasteiger partial charge in [-0.1, -0.05) is 12.1 Å². The molecule has 164 valence electrons. The van der Waals surface area contributed by atoms with Gasteiger partial charge in [-0.25, -0.2) is 0 Å². The molecule has 0 aliphatic carbocycles. The van der Waals surface area contributed by atoms with Crippen molar-refractivity contribution in [3.05, 3.63) is 52.4 Å². The Hall–Kier alpha value is -3.15. The number of benzene rings is 2. The molecule has 1 aliphatic heterocycles. The maximum Gasteiger partial charge on any atom is 0.204 e. The number of phenols is 3. The fourth-order valence-electron chi connectivity index (χ4n) is 3.75. The molecule has 0 spiro atoms. The Bertz CT molecular complexity index is 1170. The summed E-state index contributed by atoms with van der Waals surface area (Å²) in [6, 6.07) is 6.56. The van der Waals surface area contributed by atoms with Gasteiger partial charge in [0.15, 0.2) is 5.58 Å². The zero-order valence-electron chi connectivity index (χ0n) is 15.9. The molecule has 0 saturated carbocycles. The summed E-state index contributed by atoms with van der Waals surface area (Å²) in [5.74, 6) is -1.18. The molecule has 3 aromatic rings. The monoisotopic (exact) mass is 432 g/mol. The van der Waals surface area contributed by atoms with Gasteiger partial charge in [0.25, 0.3) is 0 Å². The summed E-state index contributed by atoms with van der Waals surface area (Å²) < 4.78 is 11.0. The lowest BCUT2D eigenvalue weighted by molar-refractivity contribution is -0.231. The Balaban J connectivity index is 1.92. The topological polar surface area (TPSA) is 181 Å². The van der Waals surface area contributed by atoms with E-state index in [1.54, 1.807) is 0 Å². The van der Waals surface area contributed by atoms with E-state index in [9.17, 15) is 40.5 Å². The Morgan fingerprint density at radius 3 is 2.23 bits per heavy atom. The zero-order valence-corrected chi connectivity index (χ0v) is 15.9. The van der Waals surface area contributed by atoms with Crippen molar-refractivity contribution in [2.75, 3.05) is 6.61 Å². The summed E-state index contributed by atoms with van der Waals surface area (Å²) in [4.78, 5) is 13.1. The molecule has 1 aromatic heterocycles. The smallest absolute Gasteiger partial charge is 0.204 e. The molecule has 0 unspecified atom stereocenters. The molecule has 1 aliphatic rings. The Kier molecular flexibility index (Phi) is 5.33. The van der Waals surface area contributed by atoms with E-state index < -0.39 is 54.1 Å². The van der Waals surface area contributed by atoms with Crippen molar-refractivity contribution in [1.82, 2.24) is 0 Å². The largest absolute Gasteiger partial charge is 0.508 e. The number of hydrogen-bond donors (Lipinski definition) is 7. The number of aliphatic hydroxyl groups is 4. The maximum absolute atomic E-state index is 13.1. The predicted molar refractivity (Wildman–Crippen MR) is 106 cm³/mol. The van der Waals surface area contributed by atoms with E-state index in [4.69, 9.17) is 9.15 Å². The van der Waals surface area contributed by atoms with Crippen molar-refractivity contribution in [1.29, 1.82) is 0 Å². The first-order chi connectivity index (χ1) is 14.7. The van der Waals surface area contributed by atoms with Gasteiger partial charge in [-0.2, -0.15) is 0 Å². The fourth-order valence-corrected chi connectivity index (χ4v) is 3.75. The lowest BCUT2D eigenvalue weighted by Crippen LogP contribution is -2.55. The quantitative estimate of drug-likeness (QED) is 0.300. The number of rotatable bonds is 3. The van der Waals surface area contributed by atoms with Gasteiger partial charge in [0.05, 0.1) is 17.7 Å². The average Bonchev–Trinajstić information content (AvgIpc) is 2.74. The van der Waals surface area contributed by atoms with Crippen molar-refractivity contribution < 1.29 is 44.9 Å². The number of phenolic OH excluding ortho intramolecular Hbond substituents is 3. The highest BCUT2D eigenvalue weighted by Gasteiger charge is 2.46. The molecule has 31 heavy (non-hydrogen) atoms. The van der Waals surface area contributed by atoms with Crippen molar-refractivity contribution in [2.24, 2.45) is 0 Å². The summed E-state index contributed by atoms with van der Waals surface area (Å²) in [6.45, 7) is -0.687. The SMILES string of the molecule is O=c1c(-c2ccc(O)cc2)coc2c([C@H]3O[C@@H](CO)[C@H](O)[C@@H](O)[C@@H]3O)c(O)cc(O)c12. The first-order valence-corrected chi connectivity index (χ1v) is 9.34. The van der Waals surface area contributed by atoms with Crippen LogP contribution in [0.4, 0.5) is 0 Å². The number of fused-ring (bicyclic) bond motifs is 1. The average molecular weight is 432 g/mol. The van der Waals surface area contributed by atoms with E-state index >= 15 is 0 Å². The Morgan fingerprint density at radius 1 is 0.903 bits per heavy atom. The Labute approximate surface area is 174 Å². The van der Waals surface area contributed by atoms with Crippen LogP contribution in [-0.4, -0.2) is 66.8 Å². The van der Waals surface area contributed by atoms with E-state index in [1.165, 1.54) is 24.3 Å². The van der Waals surface area contributed by atoms with E-state index in [0.29, 0.717) is 5.56 Å².